The highest BCUT2D eigenvalue weighted by molar-refractivity contribution is 5.33. The van der Waals surface area contributed by atoms with E-state index in [1.54, 1.807) is 0 Å². The van der Waals surface area contributed by atoms with Gasteiger partial charge in [0.1, 0.15) is 0 Å². The van der Waals surface area contributed by atoms with Crippen LogP contribution in [0.3, 0.4) is 0 Å². The molecule has 2 N–H and O–H groups in total. The molecular formula is C16H23NO. The molecule has 0 amide bonds. The third-order valence-corrected chi connectivity index (χ3v) is 4.53. The Balaban J connectivity index is 1.61. The van der Waals surface area contributed by atoms with E-state index in [-0.39, 0.29) is 12.1 Å². The first-order valence-electron chi connectivity index (χ1n) is 7.29. The van der Waals surface area contributed by atoms with Crippen LogP contribution in [0, 0.1) is 5.92 Å². The molecule has 2 atom stereocenters. The highest BCUT2D eigenvalue weighted by Crippen LogP contribution is 2.32. The van der Waals surface area contributed by atoms with Gasteiger partial charge in [0.25, 0.3) is 0 Å². The van der Waals surface area contributed by atoms with Crippen LogP contribution in [0.5, 0.6) is 0 Å². The average Bonchev–Trinajstić information content (AvgIpc) is 2.91. The van der Waals surface area contributed by atoms with Crippen molar-refractivity contribution in [1.82, 2.24) is 0 Å². The van der Waals surface area contributed by atoms with Crippen molar-refractivity contribution in [3.05, 3.63) is 35.4 Å². The summed E-state index contributed by atoms with van der Waals surface area (Å²) in [6.07, 6.45) is 7.86. The zero-order valence-electron chi connectivity index (χ0n) is 11.0. The second-order valence-electron chi connectivity index (χ2n) is 5.79. The minimum atomic E-state index is 0.0661. The van der Waals surface area contributed by atoms with E-state index in [4.69, 9.17) is 10.5 Å². The highest BCUT2D eigenvalue weighted by atomic mass is 16.5. The van der Waals surface area contributed by atoms with Crippen LogP contribution in [0.2, 0.25) is 0 Å². The summed E-state index contributed by atoms with van der Waals surface area (Å²) < 4.78 is 6.11. The lowest BCUT2D eigenvalue weighted by atomic mass is 9.86. The Labute approximate surface area is 110 Å². The van der Waals surface area contributed by atoms with E-state index >= 15 is 0 Å². The molecule has 1 aromatic rings. The van der Waals surface area contributed by atoms with E-state index in [2.05, 4.69) is 24.3 Å². The van der Waals surface area contributed by atoms with Crippen molar-refractivity contribution in [3.63, 3.8) is 0 Å². The molecule has 18 heavy (non-hydrogen) atoms. The van der Waals surface area contributed by atoms with Gasteiger partial charge in [0.05, 0.1) is 12.1 Å². The van der Waals surface area contributed by atoms with Crippen molar-refractivity contribution in [3.8, 4) is 0 Å². The number of rotatable bonds is 3. The van der Waals surface area contributed by atoms with Gasteiger partial charge in [-0.05, 0) is 42.7 Å². The first-order valence-corrected chi connectivity index (χ1v) is 7.29. The van der Waals surface area contributed by atoms with Crippen LogP contribution in [0.4, 0.5) is 0 Å². The largest absolute Gasteiger partial charge is 0.376 e. The summed E-state index contributed by atoms with van der Waals surface area (Å²) in [7, 11) is 0. The van der Waals surface area contributed by atoms with Crippen LogP contribution in [-0.4, -0.2) is 12.7 Å². The standard InChI is InChI=1S/C16H23NO/c17-16-14-8-4-3-7-13(14)9-10-15(16)18-11-12-5-1-2-6-12/h3-4,7-8,12,15-16H,1-2,5-6,9-11,17H2. The van der Waals surface area contributed by atoms with Gasteiger partial charge in [-0.1, -0.05) is 37.1 Å². The highest BCUT2D eigenvalue weighted by Gasteiger charge is 2.28. The number of benzene rings is 1. The average molecular weight is 245 g/mol. The first kappa shape index (κ1) is 12.2. The quantitative estimate of drug-likeness (QED) is 0.887. The van der Waals surface area contributed by atoms with Crippen molar-refractivity contribution in [2.45, 2.75) is 50.7 Å². The van der Waals surface area contributed by atoms with E-state index in [0.717, 1.165) is 25.4 Å². The molecular weight excluding hydrogens is 222 g/mol. The number of nitrogens with two attached hydrogens (primary N) is 1. The Morgan fingerprint density at radius 1 is 1.11 bits per heavy atom. The molecule has 2 heteroatoms. The van der Waals surface area contributed by atoms with Gasteiger partial charge in [0, 0.05) is 6.61 Å². The monoisotopic (exact) mass is 245 g/mol. The van der Waals surface area contributed by atoms with Crippen LogP contribution in [0.15, 0.2) is 24.3 Å². The van der Waals surface area contributed by atoms with Crippen molar-refractivity contribution in [1.29, 1.82) is 0 Å². The molecule has 0 radical (unpaired) electrons. The molecule has 2 nitrogen and oxygen atoms in total. The minimum Gasteiger partial charge on any atom is -0.376 e. The minimum absolute atomic E-state index is 0.0661. The van der Waals surface area contributed by atoms with Crippen molar-refractivity contribution < 1.29 is 4.74 Å². The van der Waals surface area contributed by atoms with Gasteiger partial charge in [0.15, 0.2) is 0 Å². The van der Waals surface area contributed by atoms with Crippen molar-refractivity contribution in [2.75, 3.05) is 6.61 Å². The molecule has 0 heterocycles. The zero-order valence-corrected chi connectivity index (χ0v) is 11.0. The second kappa shape index (κ2) is 5.41. The Morgan fingerprint density at radius 2 is 1.89 bits per heavy atom. The lowest BCUT2D eigenvalue weighted by molar-refractivity contribution is 0.00577. The molecule has 2 aliphatic carbocycles. The van der Waals surface area contributed by atoms with Gasteiger partial charge in [0.2, 0.25) is 0 Å². The molecule has 2 aliphatic rings. The number of aryl methyl sites for hydroxylation is 1. The molecule has 98 valence electrons. The van der Waals surface area contributed by atoms with Crippen LogP contribution in [0.25, 0.3) is 0 Å². The summed E-state index contributed by atoms with van der Waals surface area (Å²) in [6.45, 7) is 0.917. The predicted octanol–water partition coefficient (Wildman–Crippen LogP) is 3.21. The number of hydrogen-bond donors (Lipinski definition) is 1. The molecule has 0 aromatic heterocycles. The maximum Gasteiger partial charge on any atom is 0.0771 e. The first-order chi connectivity index (χ1) is 8.84. The third kappa shape index (κ3) is 2.45. The SMILES string of the molecule is NC1c2ccccc2CCC1OCC1CCCC1. The number of hydrogen-bond acceptors (Lipinski definition) is 2. The molecule has 1 fully saturated rings. The summed E-state index contributed by atoms with van der Waals surface area (Å²) in [5.41, 5.74) is 9.05. The van der Waals surface area contributed by atoms with Gasteiger partial charge < -0.3 is 10.5 Å². The topological polar surface area (TPSA) is 35.2 Å². The predicted molar refractivity (Wildman–Crippen MR) is 73.4 cm³/mol. The van der Waals surface area contributed by atoms with Gasteiger partial charge in [-0.25, -0.2) is 0 Å². The molecule has 0 spiro atoms. The van der Waals surface area contributed by atoms with Crippen LogP contribution < -0.4 is 5.73 Å². The van der Waals surface area contributed by atoms with E-state index < -0.39 is 0 Å². The van der Waals surface area contributed by atoms with Crippen LogP contribution >= 0.6 is 0 Å². The van der Waals surface area contributed by atoms with E-state index in [0.29, 0.717) is 0 Å². The molecule has 0 aliphatic heterocycles. The Bertz CT molecular complexity index is 398. The van der Waals surface area contributed by atoms with E-state index in [1.165, 1.54) is 36.8 Å². The lowest BCUT2D eigenvalue weighted by Gasteiger charge is -2.31. The fraction of sp³-hybridized carbons (Fsp3) is 0.625. The fourth-order valence-corrected chi connectivity index (χ4v) is 3.39. The molecule has 0 bridgehead atoms. The number of ether oxygens (including phenoxy) is 1. The fourth-order valence-electron chi connectivity index (χ4n) is 3.39. The van der Waals surface area contributed by atoms with Gasteiger partial charge in [-0.15, -0.1) is 0 Å². The van der Waals surface area contributed by atoms with Gasteiger partial charge >= 0.3 is 0 Å². The molecule has 3 rings (SSSR count). The smallest absolute Gasteiger partial charge is 0.0771 e. The maximum absolute atomic E-state index is 6.35. The summed E-state index contributed by atoms with van der Waals surface area (Å²) in [4.78, 5) is 0. The summed E-state index contributed by atoms with van der Waals surface area (Å²) in [6, 6.07) is 8.60. The zero-order chi connectivity index (χ0) is 12.4. The molecule has 1 saturated carbocycles. The second-order valence-corrected chi connectivity index (χ2v) is 5.79. The Kier molecular flexibility index (Phi) is 3.67. The van der Waals surface area contributed by atoms with E-state index in [1.807, 2.05) is 0 Å². The lowest BCUT2D eigenvalue weighted by Crippen LogP contribution is -2.34. The molecule has 0 saturated heterocycles. The molecule has 1 aromatic carbocycles. The maximum atomic E-state index is 6.35. The summed E-state index contributed by atoms with van der Waals surface area (Å²) >= 11 is 0. The van der Waals surface area contributed by atoms with E-state index in [9.17, 15) is 0 Å². The van der Waals surface area contributed by atoms with Gasteiger partial charge in [-0.2, -0.15) is 0 Å². The van der Waals surface area contributed by atoms with Crippen LogP contribution in [0.1, 0.15) is 49.3 Å². The summed E-state index contributed by atoms with van der Waals surface area (Å²) in [5.74, 6) is 0.786. The van der Waals surface area contributed by atoms with Crippen LogP contribution in [-0.2, 0) is 11.2 Å². The van der Waals surface area contributed by atoms with Crippen molar-refractivity contribution in [2.24, 2.45) is 11.7 Å². The summed E-state index contributed by atoms with van der Waals surface area (Å²) in [5, 5.41) is 0. The van der Waals surface area contributed by atoms with Gasteiger partial charge in [-0.3, -0.25) is 0 Å². The molecule has 2 unspecified atom stereocenters. The third-order valence-electron chi connectivity index (χ3n) is 4.53. The number of fused-ring (bicyclic) bond motifs is 1. The Hall–Kier alpha value is -0.860. The normalized spacial score (nSPS) is 28.3. The Morgan fingerprint density at radius 3 is 2.72 bits per heavy atom. The van der Waals surface area contributed by atoms with Crippen molar-refractivity contribution >= 4 is 0 Å².